The molecule has 7 heteroatoms. The molecule has 1 N–H and O–H groups in total. The quantitative estimate of drug-likeness (QED) is 0.511. The second-order valence-corrected chi connectivity index (χ2v) is 7.12. The van der Waals surface area contributed by atoms with E-state index in [-0.39, 0.29) is 5.92 Å². The molecule has 0 saturated carbocycles. The largest absolute Gasteiger partial charge is 0.369 e. The Labute approximate surface area is 168 Å². The highest BCUT2D eigenvalue weighted by molar-refractivity contribution is 6.36. The van der Waals surface area contributed by atoms with Gasteiger partial charge in [-0.25, -0.2) is 4.98 Å². The molecule has 140 valence electrons. The van der Waals surface area contributed by atoms with Crippen molar-refractivity contribution in [3.8, 4) is 11.3 Å². The number of nitrogens with one attached hydrogen (secondary N) is 1. The number of nitrogens with zero attached hydrogens (tertiary/aromatic N) is 3. The normalized spacial score (nSPS) is 12.2. The standard InChI is InChI=1S/C21H19BClFN4/c22-17-13-26-28-20(25-12-15(11-24)14-6-2-1-3-7-14)10-19(27-21(17)28)16-8-4-5-9-18(16)23/h1-10,13,15,25H,11-12,22H2. The van der Waals surface area contributed by atoms with Crippen molar-refractivity contribution in [2.45, 2.75) is 5.92 Å². The Morgan fingerprint density at radius 2 is 1.86 bits per heavy atom. The number of hydrogen-bond acceptors (Lipinski definition) is 3. The summed E-state index contributed by atoms with van der Waals surface area (Å²) in [5.74, 6) is 0.507. The molecule has 1 unspecified atom stereocenters. The molecule has 4 nitrogen and oxygen atoms in total. The Balaban J connectivity index is 1.71. The highest BCUT2D eigenvalue weighted by Crippen LogP contribution is 2.28. The third-order valence-corrected chi connectivity index (χ3v) is 5.11. The van der Waals surface area contributed by atoms with Crippen molar-refractivity contribution in [3.63, 3.8) is 0 Å². The molecule has 28 heavy (non-hydrogen) atoms. The summed E-state index contributed by atoms with van der Waals surface area (Å²) in [5.41, 5.74) is 4.27. The van der Waals surface area contributed by atoms with Crippen LogP contribution in [0.25, 0.3) is 16.9 Å². The molecule has 0 bridgehead atoms. The van der Waals surface area contributed by atoms with E-state index in [1.165, 1.54) is 0 Å². The summed E-state index contributed by atoms with van der Waals surface area (Å²) in [5, 5.41) is 8.41. The molecule has 2 aromatic heterocycles. The lowest BCUT2D eigenvalue weighted by atomic mass is 10.00. The Morgan fingerprint density at radius 1 is 1.11 bits per heavy atom. The first-order valence-corrected chi connectivity index (χ1v) is 9.50. The molecule has 0 aliphatic rings. The molecule has 2 heterocycles. The van der Waals surface area contributed by atoms with Crippen LogP contribution in [0.5, 0.6) is 0 Å². The van der Waals surface area contributed by atoms with Crippen LogP contribution in [0.1, 0.15) is 11.5 Å². The SMILES string of the molecule is Bc1cnn2c(NCC(CF)c3ccccc3)cc(-c3ccccc3Cl)nc12. The first-order valence-electron chi connectivity index (χ1n) is 9.12. The third kappa shape index (κ3) is 3.60. The van der Waals surface area contributed by atoms with Gasteiger partial charge in [-0.15, -0.1) is 0 Å². The number of aromatic nitrogens is 3. The van der Waals surface area contributed by atoms with E-state index in [4.69, 9.17) is 16.6 Å². The number of anilines is 1. The maximum absolute atomic E-state index is 13.7. The molecule has 4 aromatic rings. The summed E-state index contributed by atoms with van der Waals surface area (Å²) in [4.78, 5) is 4.73. The van der Waals surface area contributed by atoms with E-state index in [9.17, 15) is 4.39 Å². The second kappa shape index (κ2) is 8.03. The first-order chi connectivity index (χ1) is 13.7. The zero-order valence-electron chi connectivity index (χ0n) is 15.4. The lowest BCUT2D eigenvalue weighted by Gasteiger charge is -2.17. The molecule has 0 spiro atoms. The molecule has 2 aromatic carbocycles. The number of alkyl halides is 1. The summed E-state index contributed by atoms with van der Waals surface area (Å²) in [6.45, 7) is 0.00123. The van der Waals surface area contributed by atoms with Crippen LogP contribution in [-0.4, -0.2) is 35.7 Å². The minimum absolute atomic E-state index is 0.246. The highest BCUT2D eigenvalue weighted by Gasteiger charge is 2.15. The fraction of sp³-hybridized carbons (Fsp3) is 0.143. The van der Waals surface area contributed by atoms with Crippen molar-refractivity contribution < 1.29 is 4.39 Å². The summed E-state index contributed by atoms with van der Waals surface area (Å²) in [7, 11) is 1.96. The molecular weight excluding hydrogens is 374 g/mol. The van der Waals surface area contributed by atoms with Crippen LogP contribution in [0.4, 0.5) is 10.2 Å². The number of halogens is 2. The average molecular weight is 393 g/mol. The van der Waals surface area contributed by atoms with Gasteiger partial charge in [-0.05, 0) is 17.1 Å². The number of hydrogen-bond donors (Lipinski definition) is 1. The topological polar surface area (TPSA) is 42.2 Å². The van der Waals surface area contributed by atoms with Crippen LogP contribution >= 0.6 is 11.6 Å². The lowest BCUT2D eigenvalue weighted by molar-refractivity contribution is 0.439. The van der Waals surface area contributed by atoms with E-state index in [0.717, 1.165) is 33.7 Å². The van der Waals surface area contributed by atoms with Crippen LogP contribution in [-0.2, 0) is 0 Å². The Kier molecular flexibility index (Phi) is 5.30. The van der Waals surface area contributed by atoms with Crippen molar-refractivity contribution in [2.75, 3.05) is 18.5 Å². The van der Waals surface area contributed by atoms with Crippen LogP contribution in [0.3, 0.4) is 0 Å². The van der Waals surface area contributed by atoms with Gasteiger partial charge in [0.05, 0.1) is 12.4 Å². The zero-order valence-corrected chi connectivity index (χ0v) is 16.2. The van der Waals surface area contributed by atoms with Crippen molar-refractivity contribution >= 4 is 36.4 Å². The average Bonchev–Trinajstić information content (AvgIpc) is 3.10. The monoisotopic (exact) mass is 392 g/mol. The van der Waals surface area contributed by atoms with Crippen molar-refractivity contribution in [2.24, 2.45) is 0 Å². The second-order valence-electron chi connectivity index (χ2n) is 6.71. The predicted octanol–water partition coefficient (Wildman–Crippen LogP) is 3.47. The van der Waals surface area contributed by atoms with Gasteiger partial charge >= 0.3 is 0 Å². The van der Waals surface area contributed by atoms with Crippen LogP contribution < -0.4 is 10.8 Å². The molecule has 0 aliphatic carbocycles. The van der Waals surface area contributed by atoms with E-state index in [2.05, 4.69) is 10.4 Å². The molecule has 0 radical (unpaired) electrons. The predicted molar refractivity (Wildman–Crippen MR) is 115 cm³/mol. The Bertz CT molecular complexity index is 1100. The highest BCUT2D eigenvalue weighted by atomic mass is 35.5. The van der Waals surface area contributed by atoms with Gasteiger partial charge in [0.1, 0.15) is 13.7 Å². The van der Waals surface area contributed by atoms with E-state index in [1.807, 2.05) is 68.5 Å². The van der Waals surface area contributed by atoms with Gasteiger partial charge in [0.2, 0.25) is 0 Å². The molecule has 0 aliphatic heterocycles. The molecule has 0 saturated heterocycles. The van der Waals surface area contributed by atoms with E-state index < -0.39 is 6.67 Å². The van der Waals surface area contributed by atoms with Crippen molar-refractivity contribution in [1.82, 2.24) is 14.6 Å². The van der Waals surface area contributed by atoms with Crippen LogP contribution in [0.2, 0.25) is 5.02 Å². The fourth-order valence-corrected chi connectivity index (χ4v) is 3.45. The van der Waals surface area contributed by atoms with Gasteiger partial charge in [0, 0.05) is 35.3 Å². The molecular formula is C21H19BClFN4. The van der Waals surface area contributed by atoms with E-state index in [1.54, 1.807) is 10.7 Å². The minimum atomic E-state index is -0.444. The molecule has 4 rings (SSSR count). The van der Waals surface area contributed by atoms with Gasteiger partial charge in [-0.2, -0.15) is 9.61 Å². The van der Waals surface area contributed by atoms with Crippen molar-refractivity contribution in [1.29, 1.82) is 0 Å². The zero-order chi connectivity index (χ0) is 19.5. The number of benzene rings is 2. The van der Waals surface area contributed by atoms with Crippen LogP contribution in [0, 0.1) is 0 Å². The fourth-order valence-electron chi connectivity index (χ4n) is 3.22. The van der Waals surface area contributed by atoms with Crippen LogP contribution in [0.15, 0.2) is 66.9 Å². The van der Waals surface area contributed by atoms with Gasteiger partial charge in [0.15, 0.2) is 5.65 Å². The van der Waals surface area contributed by atoms with E-state index in [0.29, 0.717) is 11.6 Å². The van der Waals surface area contributed by atoms with Gasteiger partial charge < -0.3 is 5.32 Å². The Morgan fingerprint density at radius 3 is 2.61 bits per heavy atom. The third-order valence-electron chi connectivity index (χ3n) is 4.78. The van der Waals surface area contributed by atoms with E-state index >= 15 is 0 Å². The lowest BCUT2D eigenvalue weighted by Crippen LogP contribution is -2.17. The minimum Gasteiger partial charge on any atom is -0.369 e. The number of fused-ring (bicyclic) bond motifs is 1. The molecule has 1 atom stereocenters. The van der Waals surface area contributed by atoms with Gasteiger partial charge in [-0.1, -0.05) is 60.1 Å². The van der Waals surface area contributed by atoms with Crippen molar-refractivity contribution in [3.05, 3.63) is 77.4 Å². The maximum Gasteiger partial charge on any atom is 0.151 e. The van der Waals surface area contributed by atoms with Gasteiger partial charge in [0.25, 0.3) is 0 Å². The van der Waals surface area contributed by atoms with Gasteiger partial charge in [-0.3, -0.25) is 4.39 Å². The Hall–Kier alpha value is -2.86. The summed E-state index contributed by atoms with van der Waals surface area (Å²) < 4.78 is 15.4. The number of rotatable bonds is 6. The summed E-state index contributed by atoms with van der Waals surface area (Å²) in [6, 6.07) is 19.2. The molecule has 0 fully saturated rings. The summed E-state index contributed by atoms with van der Waals surface area (Å²) >= 11 is 6.37. The molecule has 0 amide bonds. The first kappa shape index (κ1) is 18.5. The maximum atomic E-state index is 13.7. The smallest absolute Gasteiger partial charge is 0.151 e. The summed E-state index contributed by atoms with van der Waals surface area (Å²) in [6.07, 6.45) is 1.77.